The normalized spacial score (nSPS) is 33.2. The minimum atomic E-state index is -5.41. The fourth-order valence-electron chi connectivity index (χ4n) is 1.94. The van der Waals surface area contributed by atoms with E-state index in [0.29, 0.717) is 0 Å². The molecule has 0 aromatic heterocycles. The van der Waals surface area contributed by atoms with Gasteiger partial charge in [-0.15, -0.1) is 0 Å². The lowest BCUT2D eigenvalue weighted by Crippen LogP contribution is -2.20. The molecule has 0 aromatic carbocycles. The Hall–Kier alpha value is -0.285. The van der Waals surface area contributed by atoms with E-state index in [1.807, 2.05) is 0 Å². The highest BCUT2D eigenvalue weighted by molar-refractivity contribution is 6.61. The highest BCUT2D eigenvalue weighted by Crippen LogP contribution is 2.71. The summed E-state index contributed by atoms with van der Waals surface area (Å²) in [4.78, 5) is 0. The second kappa shape index (κ2) is 2.39. The Kier molecular flexibility index (Phi) is 1.99. The molecule has 1 saturated carbocycles. The number of hydrogen-bond donors (Lipinski definition) is 0. The Morgan fingerprint density at radius 2 is 1.46 bits per heavy atom. The van der Waals surface area contributed by atoms with E-state index < -0.39 is 30.0 Å². The third kappa shape index (κ3) is 1.67. The summed E-state index contributed by atoms with van der Waals surface area (Å²) in [7, 11) is 0. The van der Waals surface area contributed by atoms with Crippen LogP contribution in [0.15, 0.2) is 0 Å². The SMILES string of the molecule is CC(C)(C)[C@@H]1[C@@H]([B-](F)(F)F)C1(F)F. The molecule has 0 unspecified atom stereocenters. The molecule has 1 aliphatic carbocycles. The zero-order valence-electron chi connectivity index (χ0n) is 7.62. The molecule has 0 radical (unpaired) electrons. The molecule has 1 aliphatic rings. The molecule has 2 atom stereocenters. The van der Waals surface area contributed by atoms with Crippen molar-refractivity contribution in [1.29, 1.82) is 0 Å². The van der Waals surface area contributed by atoms with Crippen LogP contribution in [0.2, 0.25) is 5.82 Å². The molecular formula is C7H11BF5-. The Morgan fingerprint density at radius 1 is 1.08 bits per heavy atom. The third-order valence-electron chi connectivity index (χ3n) is 2.45. The van der Waals surface area contributed by atoms with E-state index in [1.54, 1.807) is 0 Å². The van der Waals surface area contributed by atoms with Crippen molar-refractivity contribution >= 4 is 6.98 Å². The summed E-state index contributed by atoms with van der Waals surface area (Å²) in [6.45, 7) is -1.18. The van der Waals surface area contributed by atoms with E-state index in [2.05, 4.69) is 0 Å². The fourth-order valence-corrected chi connectivity index (χ4v) is 1.94. The first-order chi connectivity index (χ1) is 5.49. The number of hydrogen-bond acceptors (Lipinski definition) is 0. The second-order valence-corrected chi connectivity index (χ2v) is 4.67. The van der Waals surface area contributed by atoms with E-state index in [0.717, 1.165) is 0 Å². The maximum Gasteiger partial charge on any atom is 0.487 e. The zero-order valence-corrected chi connectivity index (χ0v) is 7.62. The van der Waals surface area contributed by atoms with Crippen LogP contribution in [-0.2, 0) is 0 Å². The summed E-state index contributed by atoms with van der Waals surface area (Å²) in [5, 5.41) is 0. The largest absolute Gasteiger partial charge is 0.487 e. The molecule has 0 N–H and O–H groups in total. The van der Waals surface area contributed by atoms with E-state index in [9.17, 15) is 21.7 Å². The van der Waals surface area contributed by atoms with Crippen molar-refractivity contribution < 1.29 is 21.7 Å². The van der Waals surface area contributed by atoms with Gasteiger partial charge in [-0.1, -0.05) is 20.8 Å². The molecule has 0 aromatic rings. The Morgan fingerprint density at radius 3 is 1.54 bits per heavy atom. The number of alkyl halides is 2. The standard InChI is InChI=1S/C7H11BF5/c1-6(2,3)4-5(7(4,9)10)8(11,12)13/h4-5H,1-3H3/q-1/t4-,5+/m0/s1. The van der Waals surface area contributed by atoms with Gasteiger partial charge in [0, 0.05) is 5.92 Å². The third-order valence-corrected chi connectivity index (χ3v) is 2.45. The molecule has 0 saturated heterocycles. The molecule has 0 heterocycles. The van der Waals surface area contributed by atoms with Crippen LogP contribution in [0.25, 0.3) is 0 Å². The van der Waals surface area contributed by atoms with Crippen LogP contribution < -0.4 is 0 Å². The highest BCUT2D eigenvalue weighted by atomic mass is 19.4. The summed E-state index contributed by atoms with van der Waals surface area (Å²) in [5.74, 6) is -7.47. The van der Waals surface area contributed by atoms with Crippen LogP contribution in [0.4, 0.5) is 21.7 Å². The van der Waals surface area contributed by atoms with Crippen molar-refractivity contribution in [3.63, 3.8) is 0 Å². The van der Waals surface area contributed by atoms with Gasteiger partial charge in [-0.25, -0.2) is 8.78 Å². The maximum atomic E-state index is 12.7. The van der Waals surface area contributed by atoms with Crippen molar-refractivity contribution in [2.75, 3.05) is 0 Å². The maximum absolute atomic E-state index is 12.7. The molecule has 1 fully saturated rings. The van der Waals surface area contributed by atoms with Gasteiger partial charge >= 0.3 is 6.98 Å². The van der Waals surface area contributed by atoms with Crippen LogP contribution in [0.5, 0.6) is 0 Å². The average Bonchev–Trinajstić information content (AvgIpc) is 2.29. The van der Waals surface area contributed by atoms with Crippen molar-refractivity contribution in [3.05, 3.63) is 0 Å². The molecule has 13 heavy (non-hydrogen) atoms. The van der Waals surface area contributed by atoms with Crippen molar-refractivity contribution in [2.24, 2.45) is 11.3 Å². The van der Waals surface area contributed by atoms with E-state index in [4.69, 9.17) is 0 Å². The zero-order chi connectivity index (χ0) is 10.7. The minimum Gasteiger partial charge on any atom is -0.449 e. The van der Waals surface area contributed by atoms with Gasteiger partial charge in [-0.3, -0.25) is 0 Å². The molecule has 0 aliphatic heterocycles. The molecular weight excluding hydrogens is 190 g/mol. The summed E-state index contributed by atoms with van der Waals surface area (Å²) >= 11 is 0. The Balaban J connectivity index is 2.85. The molecule has 78 valence electrons. The van der Waals surface area contributed by atoms with Gasteiger partial charge < -0.3 is 12.9 Å². The van der Waals surface area contributed by atoms with Gasteiger partial charge in [0.25, 0.3) is 0 Å². The van der Waals surface area contributed by atoms with Gasteiger partial charge in [0.15, 0.2) is 0 Å². The molecule has 0 spiro atoms. The molecule has 6 heteroatoms. The van der Waals surface area contributed by atoms with Gasteiger partial charge in [0.05, 0.1) is 0 Å². The lowest BCUT2D eigenvalue weighted by atomic mass is 9.76. The molecule has 0 bridgehead atoms. The summed E-state index contributed by atoms with van der Waals surface area (Å²) in [6, 6.07) is 0. The van der Waals surface area contributed by atoms with Crippen molar-refractivity contribution in [1.82, 2.24) is 0 Å². The Bertz CT molecular complexity index is 192. The monoisotopic (exact) mass is 201 g/mol. The molecule has 1 rings (SSSR count). The fraction of sp³-hybridized carbons (Fsp3) is 1.00. The quantitative estimate of drug-likeness (QED) is 0.449. The Labute approximate surface area is 73.6 Å². The summed E-state index contributed by atoms with van der Waals surface area (Å²) in [5.41, 5.74) is -0.981. The molecule has 0 amide bonds. The number of halogens is 5. The first-order valence-electron chi connectivity index (χ1n) is 4.07. The first kappa shape index (κ1) is 10.8. The van der Waals surface area contributed by atoms with Crippen molar-refractivity contribution in [2.45, 2.75) is 32.5 Å². The highest BCUT2D eigenvalue weighted by Gasteiger charge is 2.76. The average molecular weight is 201 g/mol. The van der Waals surface area contributed by atoms with Crippen LogP contribution in [-0.4, -0.2) is 12.9 Å². The minimum absolute atomic E-state index is 0.981. The van der Waals surface area contributed by atoms with E-state index in [1.165, 1.54) is 20.8 Å². The summed E-state index contributed by atoms with van der Waals surface area (Å²) in [6.07, 6.45) is 0. The van der Waals surface area contributed by atoms with Gasteiger partial charge in [0.1, 0.15) is 0 Å². The second-order valence-electron chi connectivity index (χ2n) is 4.67. The first-order valence-corrected chi connectivity index (χ1v) is 4.07. The van der Waals surface area contributed by atoms with Crippen LogP contribution in [0.3, 0.4) is 0 Å². The van der Waals surface area contributed by atoms with Crippen LogP contribution in [0.1, 0.15) is 20.8 Å². The predicted molar refractivity (Wildman–Crippen MR) is 40.7 cm³/mol. The number of rotatable bonds is 1. The van der Waals surface area contributed by atoms with E-state index >= 15 is 0 Å². The van der Waals surface area contributed by atoms with Gasteiger partial charge in [-0.2, -0.15) is 0 Å². The predicted octanol–water partition coefficient (Wildman–Crippen LogP) is 3.52. The van der Waals surface area contributed by atoms with Crippen molar-refractivity contribution in [3.8, 4) is 0 Å². The van der Waals surface area contributed by atoms with Crippen LogP contribution in [0, 0.1) is 11.3 Å². The van der Waals surface area contributed by atoms with Gasteiger partial charge in [-0.05, 0) is 11.2 Å². The smallest absolute Gasteiger partial charge is 0.449 e. The lowest BCUT2D eigenvalue weighted by Gasteiger charge is -2.20. The summed E-state index contributed by atoms with van der Waals surface area (Å²) < 4.78 is 61.8. The molecule has 0 nitrogen and oxygen atoms in total. The van der Waals surface area contributed by atoms with E-state index in [-0.39, 0.29) is 0 Å². The topological polar surface area (TPSA) is 0 Å². The lowest BCUT2D eigenvalue weighted by molar-refractivity contribution is 0.0695. The van der Waals surface area contributed by atoms with Crippen LogP contribution >= 0.6 is 0 Å². The van der Waals surface area contributed by atoms with Gasteiger partial charge in [0.2, 0.25) is 5.92 Å².